The van der Waals surface area contributed by atoms with E-state index in [0.717, 1.165) is 0 Å². The molecule has 142 valence electrons. The van der Waals surface area contributed by atoms with Crippen LogP contribution < -0.4 is 16.6 Å². The summed E-state index contributed by atoms with van der Waals surface area (Å²) in [6.07, 6.45) is 1.71. The average Bonchev–Trinajstić information content (AvgIpc) is 2.67. The van der Waals surface area contributed by atoms with Gasteiger partial charge in [-0.05, 0) is 49.9 Å². The molecule has 10 heteroatoms. The quantitative estimate of drug-likeness (QED) is 0.220. The predicted octanol–water partition coefficient (Wildman–Crippen LogP) is 0.121. The molecular formula is C16H21N3O6S. The highest BCUT2D eigenvalue weighted by atomic mass is 32.2. The summed E-state index contributed by atoms with van der Waals surface area (Å²) in [4.78, 5) is 34.2. The number of benzene rings is 1. The van der Waals surface area contributed by atoms with Crippen LogP contribution >= 0.6 is 0 Å². The molecule has 0 radical (unpaired) electrons. The number of ether oxygens (including phenoxy) is 1. The normalized spacial score (nSPS) is 20.1. The molecule has 4 N–H and O–H groups in total. The minimum absolute atomic E-state index is 0.125. The minimum Gasteiger partial charge on any atom is -0.469 e. The Bertz CT molecular complexity index is 783. The summed E-state index contributed by atoms with van der Waals surface area (Å²) in [5.74, 6) is 2.34. The fourth-order valence-electron chi connectivity index (χ4n) is 2.95. The van der Waals surface area contributed by atoms with Crippen LogP contribution in [-0.2, 0) is 29.0 Å². The SMILES string of the molecule is COC(=O)C1CCC(S(=O)(=O)c2ccc(NC(=O)C(=O)NN)cc2)CC1. The van der Waals surface area contributed by atoms with Gasteiger partial charge in [0, 0.05) is 5.69 Å². The lowest BCUT2D eigenvalue weighted by atomic mass is 9.89. The summed E-state index contributed by atoms with van der Waals surface area (Å²) in [6, 6.07) is 5.54. The van der Waals surface area contributed by atoms with Gasteiger partial charge in [-0.3, -0.25) is 19.8 Å². The van der Waals surface area contributed by atoms with E-state index in [0.29, 0.717) is 25.7 Å². The van der Waals surface area contributed by atoms with Crippen molar-refractivity contribution in [1.82, 2.24) is 5.43 Å². The number of amides is 2. The number of carbonyl (C=O) groups is 3. The number of sulfone groups is 1. The molecule has 0 aromatic heterocycles. The molecule has 9 nitrogen and oxygen atoms in total. The maximum atomic E-state index is 12.7. The van der Waals surface area contributed by atoms with E-state index in [2.05, 4.69) is 5.32 Å². The van der Waals surface area contributed by atoms with Crippen LogP contribution in [0.3, 0.4) is 0 Å². The Hall–Kier alpha value is -2.46. The molecule has 2 amide bonds. The fraction of sp³-hybridized carbons (Fsp3) is 0.438. The van der Waals surface area contributed by atoms with Crippen molar-refractivity contribution in [2.75, 3.05) is 12.4 Å². The van der Waals surface area contributed by atoms with Gasteiger partial charge in [0.25, 0.3) is 0 Å². The number of hydrogen-bond donors (Lipinski definition) is 3. The van der Waals surface area contributed by atoms with Crippen molar-refractivity contribution in [1.29, 1.82) is 0 Å². The first kappa shape index (κ1) is 19.9. The lowest BCUT2D eigenvalue weighted by Gasteiger charge is -2.26. The molecule has 1 aromatic rings. The Kier molecular flexibility index (Phi) is 6.32. The van der Waals surface area contributed by atoms with Gasteiger partial charge in [0.2, 0.25) is 0 Å². The standard InChI is InChI=1S/C16H21N3O6S/c1-25-16(22)10-2-6-12(7-3-10)26(23,24)13-8-4-11(5-9-13)18-14(20)15(21)19-17/h4-5,8-10,12H,2-3,6-7,17H2,1H3,(H,18,20)(H,19,21). The zero-order chi connectivity index (χ0) is 19.3. The Morgan fingerprint density at radius 1 is 1.04 bits per heavy atom. The second kappa shape index (κ2) is 8.28. The monoisotopic (exact) mass is 383 g/mol. The van der Waals surface area contributed by atoms with Gasteiger partial charge in [-0.15, -0.1) is 0 Å². The number of nitrogens with one attached hydrogen (secondary N) is 2. The first-order chi connectivity index (χ1) is 12.3. The molecule has 0 bridgehead atoms. The number of esters is 1. The summed E-state index contributed by atoms with van der Waals surface area (Å²) in [5, 5.41) is 1.74. The Labute approximate surface area is 151 Å². The van der Waals surface area contributed by atoms with Crippen LogP contribution in [0.5, 0.6) is 0 Å². The topological polar surface area (TPSA) is 145 Å². The third kappa shape index (κ3) is 4.38. The highest BCUT2D eigenvalue weighted by molar-refractivity contribution is 7.92. The van der Waals surface area contributed by atoms with Crippen LogP contribution in [0.15, 0.2) is 29.2 Å². The van der Waals surface area contributed by atoms with Gasteiger partial charge < -0.3 is 10.1 Å². The van der Waals surface area contributed by atoms with Gasteiger partial charge in [0.1, 0.15) is 0 Å². The highest BCUT2D eigenvalue weighted by Gasteiger charge is 2.34. The zero-order valence-electron chi connectivity index (χ0n) is 14.2. The van der Waals surface area contributed by atoms with Gasteiger partial charge in [-0.25, -0.2) is 14.3 Å². The van der Waals surface area contributed by atoms with Crippen LogP contribution in [-0.4, -0.2) is 38.6 Å². The van der Waals surface area contributed by atoms with Crippen molar-refractivity contribution >= 4 is 33.3 Å². The van der Waals surface area contributed by atoms with Crippen molar-refractivity contribution in [2.24, 2.45) is 11.8 Å². The summed E-state index contributed by atoms with van der Waals surface area (Å²) in [6.45, 7) is 0. The lowest BCUT2D eigenvalue weighted by Crippen LogP contribution is -2.39. The van der Waals surface area contributed by atoms with Gasteiger partial charge in [-0.1, -0.05) is 0 Å². The Balaban J connectivity index is 2.05. The summed E-state index contributed by atoms with van der Waals surface area (Å²) in [7, 11) is -2.23. The van der Waals surface area contributed by atoms with Gasteiger partial charge >= 0.3 is 17.8 Å². The van der Waals surface area contributed by atoms with Crippen LogP contribution in [0.25, 0.3) is 0 Å². The van der Waals surface area contributed by atoms with Crippen LogP contribution in [0.1, 0.15) is 25.7 Å². The number of hydrazine groups is 1. The average molecular weight is 383 g/mol. The molecule has 0 aliphatic heterocycles. The molecule has 1 aromatic carbocycles. The molecule has 1 fully saturated rings. The lowest BCUT2D eigenvalue weighted by molar-refractivity contribution is -0.146. The number of methoxy groups -OCH3 is 1. The van der Waals surface area contributed by atoms with E-state index in [1.165, 1.54) is 31.4 Å². The smallest absolute Gasteiger partial charge is 0.323 e. The highest BCUT2D eigenvalue weighted by Crippen LogP contribution is 2.32. The molecule has 26 heavy (non-hydrogen) atoms. The molecule has 0 saturated heterocycles. The number of rotatable bonds is 4. The summed E-state index contributed by atoms with van der Waals surface area (Å²) < 4.78 is 30.2. The minimum atomic E-state index is -3.55. The second-order valence-corrected chi connectivity index (χ2v) is 8.22. The predicted molar refractivity (Wildman–Crippen MR) is 92.3 cm³/mol. The van der Waals surface area contributed by atoms with Gasteiger partial charge in [-0.2, -0.15) is 0 Å². The van der Waals surface area contributed by atoms with E-state index in [1.54, 1.807) is 5.43 Å². The molecule has 0 unspecified atom stereocenters. The first-order valence-corrected chi connectivity index (χ1v) is 9.58. The molecule has 1 aliphatic rings. The number of anilines is 1. The third-order valence-electron chi connectivity index (χ3n) is 4.43. The van der Waals surface area contributed by atoms with Gasteiger partial charge in [0.15, 0.2) is 9.84 Å². The molecule has 2 rings (SSSR count). The Morgan fingerprint density at radius 2 is 1.62 bits per heavy atom. The van der Waals surface area contributed by atoms with Gasteiger partial charge in [0.05, 0.1) is 23.2 Å². The van der Waals surface area contributed by atoms with Crippen LogP contribution in [0.2, 0.25) is 0 Å². The van der Waals surface area contributed by atoms with E-state index < -0.39 is 26.9 Å². The van der Waals surface area contributed by atoms with Crippen molar-refractivity contribution < 1.29 is 27.5 Å². The maximum Gasteiger partial charge on any atom is 0.323 e. The van der Waals surface area contributed by atoms with E-state index in [4.69, 9.17) is 10.6 Å². The second-order valence-electron chi connectivity index (χ2n) is 5.99. The van der Waals surface area contributed by atoms with Crippen molar-refractivity contribution in [3.8, 4) is 0 Å². The van der Waals surface area contributed by atoms with E-state index >= 15 is 0 Å². The van der Waals surface area contributed by atoms with Crippen molar-refractivity contribution in [3.05, 3.63) is 24.3 Å². The molecule has 1 saturated carbocycles. The zero-order valence-corrected chi connectivity index (χ0v) is 15.0. The van der Waals surface area contributed by atoms with E-state index in [9.17, 15) is 22.8 Å². The number of carbonyl (C=O) groups excluding carboxylic acids is 3. The third-order valence-corrected chi connectivity index (χ3v) is 6.70. The molecule has 0 atom stereocenters. The molecule has 0 heterocycles. The first-order valence-electron chi connectivity index (χ1n) is 8.03. The van der Waals surface area contributed by atoms with E-state index in [1.807, 2.05) is 0 Å². The Morgan fingerprint density at radius 3 is 2.12 bits per heavy atom. The number of hydrogen-bond acceptors (Lipinski definition) is 7. The van der Waals surface area contributed by atoms with Crippen molar-refractivity contribution in [3.63, 3.8) is 0 Å². The van der Waals surface area contributed by atoms with Crippen LogP contribution in [0.4, 0.5) is 5.69 Å². The summed E-state index contributed by atoms with van der Waals surface area (Å²) >= 11 is 0. The number of nitrogens with two attached hydrogens (primary N) is 1. The maximum absolute atomic E-state index is 12.7. The molecule has 1 aliphatic carbocycles. The molecule has 0 spiro atoms. The fourth-order valence-corrected chi connectivity index (χ4v) is 4.74. The van der Waals surface area contributed by atoms with E-state index in [-0.39, 0.29) is 22.5 Å². The largest absolute Gasteiger partial charge is 0.469 e. The summed E-state index contributed by atoms with van der Waals surface area (Å²) in [5.41, 5.74) is 1.97. The molecular weight excluding hydrogens is 362 g/mol. The van der Waals surface area contributed by atoms with Crippen LogP contribution in [0, 0.1) is 5.92 Å². The van der Waals surface area contributed by atoms with Crippen molar-refractivity contribution in [2.45, 2.75) is 35.8 Å².